The number of ether oxygens (including phenoxy) is 2. The van der Waals surface area contributed by atoms with Crippen molar-refractivity contribution in [2.24, 2.45) is 0 Å². The lowest BCUT2D eigenvalue weighted by Gasteiger charge is -2.22. The first kappa shape index (κ1) is 20.1. The Morgan fingerprint density at radius 1 is 1.15 bits per heavy atom. The third-order valence-electron chi connectivity index (χ3n) is 3.83. The van der Waals surface area contributed by atoms with E-state index in [1.165, 1.54) is 0 Å². The Morgan fingerprint density at radius 3 is 2.58 bits per heavy atom. The fourth-order valence-corrected chi connectivity index (χ4v) is 2.67. The van der Waals surface area contributed by atoms with Gasteiger partial charge >= 0.3 is 0 Å². The second kappa shape index (κ2) is 8.95. The van der Waals surface area contributed by atoms with E-state index in [0.29, 0.717) is 23.9 Å². The van der Waals surface area contributed by atoms with Crippen molar-refractivity contribution in [3.05, 3.63) is 59.1 Å². The lowest BCUT2D eigenvalue weighted by Crippen LogP contribution is -2.38. The molecule has 1 atom stereocenters. The van der Waals surface area contributed by atoms with Crippen molar-refractivity contribution in [3.63, 3.8) is 0 Å². The highest BCUT2D eigenvalue weighted by Crippen LogP contribution is 2.30. The topological polar surface area (TPSA) is 47.6 Å². The minimum absolute atomic E-state index is 0.000840. The summed E-state index contributed by atoms with van der Waals surface area (Å²) in [5, 5.41) is 3.39. The molecule has 0 aliphatic carbocycles. The van der Waals surface area contributed by atoms with Gasteiger partial charge in [-0.2, -0.15) is 0 Å². The van der Waals surface area contributed by atoms with Crippen LogP contribution in [0, 0.1) is 0 Å². The van der Waals surface area contributed by atoms with Gasteiger partial charge in [-0.3, -0.25) is 4.79 Å². The molecule has 0 spiro atoms. The van der Waals surface area contributed by atoms with Gasteiger partial charge in [0.15, 0.2) is 6.10 Å². The Hall–Kier alpha value is -2.20. The van der Waals surface area contributed by atoms with Crippen molar-refractivity contribution in [1.82, 2.24) is 5.32 Å². The van der Waals surface area contributed by atoms with Crippen molar-refractivity contribution in [3.8, 4) is 11.5 Å². The molecule has 0 unspecified atom stereocenters. The Balaban J connectivity index is 1.80. The first-order valence-corrected chi connectivity index (χ1v) is 9.07. The number of benzene rings is 2. The van der Waals surface area contributed by atoms with E-state index in [4.69, 9.17) is 21.1 Å². The summed E-state index contributed by atoms with van der Waals surface area (Å²) in [5.74, 6) is 1.21. The Labute approximate surface area is 160 Å². The molecule has 2 aromatic carbocycles. The summed E-state index contributed by atoms with van der Waals surface area (Å²) in [6.45, 7) is 8.93. The second-order valence-electron chi connectivity index (χ2n) is 7.10. The zero-order chi connectivity index (χ0) is 19.2. The van der Waals surface area contributed by atoms with Crippen LogP contribution in [0.15, 0.2) is 48.5 Å². The predicted octanol–water partition coefficient (Wildman–Crippen LogP) is 4.60. The van der Waals surface area contributed by atoms with Crippen molar-refractivity contribution in [2.75, 3.05) is 13.2 Å². The second-order valence-corrected chi connectivity index (χ2v) is 7.54. The van der Waals surface area contributed by atoms with Gasteiger partial charge in [-0.15, -0.1) is 0 Å². The minimum atomic E-state index is -0.615. The van der Waals surface area contributed by atoms with E-state index in [9.17, 15) is 4.79 Å². The average Bonchev–Trinajstić information content (AvgIpc) is 2.58. The third kappa shape index (κ3) is 5.95. The molecule has 4 nitrogen and oxygen atoms in total. The molecular weight excluding hydrogens is 350 g/mol. The fraction of sp³-hybridized carbons (Fsp3) is 0.381. The first-order valence-electron chi connectivity index (χ1n) is 8.69. The van der Waals surface area contributed by atoms with E-state index in [-0.39, 0.29) is 11.3 Å². The molecule has 0 saturated carbocycles. The first-order chi connectivity index (χ1) is 12.3. The normalized spacial score (nSPS) is 12.3. The largest absolute Gasteiger partial charge is 0.491 e. The number of hydrogen-bond acceptors (Lipinski definition) is 3. The molecule has 1 N–H and O–H groups in total. The van der Waals surface area contributed by atoms with Gasteiger partial charge in [0, 0.05) is 5.02 Å². The maximum absolute atomic E-state index is 12.1. The summed E-state index contributed by atoms with van der Waals surface area (Å²) in [7, 11) is 0. The summed E-state index contributed by atoms with van der Waals surface area (Å²) >= 11 is 5.92. The maximum Gasteiger partial charge on any atom is 0.260 e. The van der Waals surface area contributed by atoms with Gasteiger partial charge in [-0.1, -0.05) is 56.6 Å². The van der Waals surface area contributed by atoms with Gasteiger partial charge in [0.2, 0.25) is 0 Å². The predicted molar refractivity (Wildman–Crippen MR) is 105 cm³/mol. The molecule has 2 rings (SSSR count). The summed E-state index contributed by atoms with van der Waals surface area (Å²) in [5.41, 5.74) is 1.14. The quantitative estimate of drug-likeness (QED) is 0.719. The Kier molecular flexibility index (Phi) is 6.92. The van der Waals surface area contributed by atoms with Crippen molar-refractivity contribution < 1.29 is 14.3 Å². The van der Waals surface area contributed by atoms with Gasteiger partial charge < -0.3 is 14.8 Å². The van der Waals surface area contributed by atoms with Gasteiger partial charge in [0.25, 0.3) is 5.91 Å². The Morgan fingerprint density at radius 2 is 1.88 bits per heavy atom. The number of carbonyl (C=O) groups excluding carboxylic acids is 1. The summed E-state index contributed by atoms with van der Waals surface area (Å²) in [6, 6.07) is 14.9. The molecule has 0 aliphatic heterocycles. The average molecular weight is 376 g/mol. The van der Waals surface area contributed by atoms with Gasteiger partial charge in [-0.05, 0) is 42.2 Å². The maximum atomic E-state index is 12.1. The van der Waals surface area contributed by atoms with E-state index in [1.54, 1.807) is 31.2 Å². The minimum Gasteiger partial charge on any atom is -0.491 e. The molecule has 2 aromatic rings. The van der Waals surface area contributed by atoms with E-state index in [1.807, 2.05) is 18.2 Å². The van der Waals surface area contributed by atoms with E-state index in [2.05, 4.69) is 32.2 Å². The highest BCUT2D eigenvalue weighted by Gasteiger charge is 2.18. The van der Waals surface area contributed by atoms with Gasteiger partial charge in [-0.25, -0.2) is 0 Å². The van der Waals surface area contributed by atoms with Crippen LogP contribution in [0.4, 0.5) is 0 Å². The van der Waals surface area contributed by atoms with Gasteiger partial charge in [0.1, 0.15) is 18.1 Å². The smallest absolute Gasteiger partial charge is 0.260 e. The molecule has 140 valence electrons. The van der Waals surface area contributed by atoms with Crippen LogP contribution in [0.5, 0.6) is 11.5 Å². The molecule has 0 aliphatic rings. The van der Waals surface area contributed by atoms with Crippen LogP contribution in [0.25, 0.3) is 0 Å². The standard InChI is InChI=1S/C21H26ClNO3/c1-15(26-17-9-7-8-16(22)14-17)20(24)23-12-13-25-19-11-6-5-10-18(19)21(2,3)4/h5-11,14-15H,12-13H2,1-4H3,(H,23,24)/t15-/m0/s1. The molecule has 5 heteroatoms. The summed E-state index contributed by atoms with van der Waals surface area (Å²) in [6.07, 6.45) is -0.615. The highest BCUT2D eigenvalue weighted by molar-refractivity contribution is 6.30. The summed E-state index contributed by atoms with van der Waals surface area (Å²) < 4.78 is 11.5. The molecule has 0 bridgehead atoms. The number of para-hydroxylation sites is 1. The SMILES string of the molecule is C[C@H](Oc1cccc(Cl)c1)C(=O)NCCOc1ccccc1C(C)(C)C. The molecule has 0 heterocycles. The number of carbonyl (C=O) groups is 1. The zero-order valence-corrected chi connectivity index (χ0v) is 16.5. The van der Waals surface area contributed by atoms with Crippen LogP contribution in [0.1, 0.15) is 33.3 Å². The lowest BCUT2D eigenvalue weighted by atomic mass is 9.86. The molecule has 0 fully saturated rings. The van der Waals surface area contributed by atoms with Crippen molar-refractivity contribution in [1.29, 1.82) is 0 Å². The van der Waals surface area contributed by atoms with Crippen LogP contribution in [0.3, 0.4) is 0 Å². The number of hydrogen-bond donors (Lipinski definition) is 1. The molecule has 0 saturated heterocycles. The lowest BCUT2D eigenvalue weighted by molar-refractivity contribution is -0.127. The number of rotatable bonds is 7. The van der Waals surface area contributed by atoms with Crippen LogP contribution in [-0.4, -0.2) is 25.2 Å². The molecule has 0 aromatic heterocycles. The number of halogens is 1. The summed E-state index contributed by atoms with van der Waals surface area (Å²) in [4.78, 5) is 12.1. The Bertz CT molecular complexity index is 740. The molecule has 26 heavy (non-hydrogen) atoms. The van der Waals surface area contributed by atoms with Crippen LogP contribution in [0.2, 0.25) is 5.02 Å². The van der Waals surface area contributed by atoms with E-state index in [0.717, 1.165) is 11.3 Å². The highest BCUT2D eigenvalue weighted by atomic mass is 35.5. The zero-order valence-electron chi connectivity index (χ0n) is 15.7. The van der Waals surface area contributed by atoms with Gasteiger partial charge in [0.05, 0.1) is 6.54 Å². The molecular formula is C21H26ClNO3. The van der Waals surface area contributed by atoms with Crippen molar-refractivity contribution >= 4 is 17.5 Å². The number of amides is 1. The monoisotopic (exact) mass is 375 g/mol. The third-order valence-corrected chi connectivity index (χ3v) is 4.07. The molecule has 1 amide bonds. The fourth-order valence-electron chi connectivity index (χ4n) is 2.49. The molecule has 0 radical (unpaired) electrons. The van der Waals surface area contributed by atoms with Crippen LogP contribution in [-0.2, 0) is 10.2 Å². The van der Waals surface area contributed by atoms with Crippen molar-refractivity contribution in [2.45, 2.75) is 39.2 Å². The number of nitrogens with one attached hydrogen (secondary N) is 1. The van der Waals surface area contributed by atoms with E-state index < -0.39 is 6.10 Å². The van der Waals surface area contributed by atoms with Crippen LogP contribution < -0.4 is 14.8 Å². The van der Waals surface area contributed by atoms with E-state index >= 15 is 0 Å². The van der Waals surface area contributed by atoms with Crippen LogP contribution >= 0.6 is 11.6 Å².